The van der Waals surface area contributed by atoms with Gasteiger partial charge in [0.2, 0.25) is 0 Å². The lowest BCUT2D eigenvalue weighted by Gasteiger charge is -2.15. The molecule has 108 valence electrons. The fourth-order valence-corrected chi connectivity index (χ4v) is 2.36. The average molecular weight is 294 g/mol. The van der Waals surface area contributed by atoms with E-state index in [2.05, 4.69) is 24.4 Å². The van der Waals surface area contributed by atoms with Gasteiger partial charge in [-0.15, -0.1) is 0 Å². The van der Waals surface area contributed by atoms with Crippen LogP contribution in [0.4, 0.5) is 0 Å². The third-order valence-corrected chi connectivity index (χ3v) is 3.47. The Labute approximate surface area is 124 Å². The molecule has 20 heavy (non-hydrogen) atoms. The number of rotatable bonds is 7. The molecule has 1 heterocycles. The Morgan fingerprint density at radius 3 is 2.50 bits per heavy atom. The van der Waals surface area contributed by atoms with E-state index in [1.54, 1.807) is 13.2 Å². The first-order valence-corrected chi connectivity index (χ1v) is 7.22. The molecule has 0 radical (unpaired) electrons. The largest absolute Gasteiger partial charge is 0.497 e. The minimum atomic E-state index is 0.189. The molecule has 0 aliphatic rings. The number of aryl methyl sites for hydroxylation is 1. The average Bonchev–Trinajstić information content (AvgIpc) is 2.90. The van der Waals surface area contributed by atoms with Gasteiger partial charge in [0.1, 0.15) is 11.5 Å². The zero-order valence-corrected chi connectivity index (χ0v) is 12.6. The second-order valence-electron chi connectivity index (χ2n) is 4.64. The van der Waals surface area contributed by atoms with Crippen LogP contribution in [0.3, 0.4) is 0 Å². The van der Waals surface area contributed by atoms with E-state index < -0.39 is 0 Å². The van der Waals surface area contributed by atoms with Crippen LogP contribution in [0.5, 0.6) is 5.75 Å². The van der Waals surface area contributed by atoms with Gasteiger partial charge in [-0.2, -0.15) is 0 Å². The monoisotopic (exact) mass is 293 g/mol. The number of nitrogens with one attached hydrogen (secondary N) is 1. The minimum absolute atomic E-state index is 0.189. The van der Waals surface area contributed by atoms with E-state index in [-0.39, 0.29) is 6.04 Å². The van der Waals surface area contributed by atoms with Crippen molar-refractivity contribution < 1.29 is 9.15 Å². The van der Waals surface area contributed by atoms with Gasteiger partial charge in [-0.3, -0.25) is 0 Å². The van der Waals surface area contributed by atoms with Crippen LogP contribution in [0.1, 0.15) is 30.7 Å². The number of hydrogen-bond acceptors (Lipinski definition) is 3. The van der Waals surface area contributed by atoms with Crippen molar-refractivity contribution in [3.63, 3.8) is 0 Å². The second-order valence-corrected chi connectivity index (χ2v) is 5.01. The maximum atomic E-state index is 5.85. The lowest BCUT2D eigenvalue weighted by atomic mass is 10.0. The summed E-state index contributed by atoms with van der Waals surface area (Å²) in [6, 6.07) is 12.1. The van der Waals surface area contributed by atoms with Crippen molar-refractivity contribution in [2.45, 2.75) is 25.8 Å². The number of methoxy groups -OCH3 is 1. The molecule has 3 nitrogen and oxygen atoms in total. The van der Waals surface area contributed by atoms with Gasteiger partial charge in [-0.1, -0.05) is 19.1 Å². The Hall–Kier alpha value is -1.45. The summed E-state index contributed by atoms with van der Waals surface area (Å²) in [7, 11) is 1.68. The van der Waals surface area contributed by atoms with Crippen molar-refractivity contribution in [3.05, 3.63) is 52.9 Å². The number of ether oxygens (including phenoxy) is 1. The third kappa shape index (κ3) is 4.02. The highest BCUT2D eigenvalue weighted by Crippen LogP contribution is 2.24. The molecular weight excluding hydrogens is 274 g/mol. The van der Waals surface area contributed by atoms with Gasteiger partial charge in [0.15, 0.2) is 5.22 Å². The quantitative estimate of drug-likeness (QED) is 0.830. The number of furan rings is 1. The molecular formula is C16H20ClNO2. The molecule has 0 saturated carbocycles. The normalized spacial score (nSPS) is 12.3. The molecule has 1 aromatic carbocycles. The van der Waals surface area contributed by atoms with Crippen LogP contribution < -0.4 is 10.1 Å². The molecule has 0 spiro atoms. The second kappa shape index (κ2) is 7.36. The maximum Gasteiger partial charge on any atom is 0.193 e. The molecule has 0 fully saturated rings. The molecule has 4 heteroatoms. The topological polar surface area (TPSA) is 34.4 Å². The van der Waals surface area contributed by atoms with Gasteiger partial charge < -0.3 is 14.5 Å². The van der Waals surface area contributed by atoms with Crippen molar-refractivity contribution in [1.82, 2.24) is 5.32 Å². The van der Waals surface area contributed by atoms with Crippen LogP contribution in [0, 0.1) is 0 Å². The number of halogens is 1. The number of hydrogen-bond donors (Lipinski definition) is 1. The van der Waals surface area contributed by atoms with Gasteiger partial charge in [0.25, 0.3) is 0 Å². The van der Waals surface area contributed by atoms with Crippen LogP contribution in [-0.4, -0.2) is 13.7 Å². The Balaban J connectivity index is 1.97. The zero-order valence-electron chi connectivity index (χ0n) is 11.9. The summed E-state index contributed by atoms with van der Waals surface area (Å²) >= 11 is 5.85. The first-order valence-electron chi connectivity index (χ1n) is 6.84. The van der Waals surface area contributed by atoms with Crippen LogP contribution in [0.15, 0.2) is 40.8 Å². The summed E-state index contributed by atoms with van der Waals surface area (Å²) in [6.45, 7) is 2.98. The fourth-order valence-electron chi connectivity index (χ4n) is 2.21. The minimum Gasteiger partial charge on any atom is -0.497 e. The summed E-state index contributed by atoms with van der Waals surface area (Å²) in [5.74, 6) is 1.78. The summed E-state index contributed by atoms with van der Waals surface area (Å²) in [4.78, 5) is 0. The number of benzene rings is 1. The summed E-state index contributed by atoms with van der Waals surface area (Å²) in [6.07, 6.45) is 1.93. The van der Waals surface area contributed by atoms with Gasteiger partial charge in [-0.05, 0) is 60.8 Å². The molecule has 2 rings (SSSR count). The van der Waals surface area contributed by atoms with Gasteiger partial charge in [0, 0.05) is 0 Å². The van der Waals surface area contributed by atoms with Gasteiger partial charge in [0.05, 0.1) is 13.2 Å². The first-order chi connectivity index (χ1) is 9.72. The van der Waals surface area contributed by atoms with E-state index in [4.69, 9.17) is 20.8 Å². The van der Waals surface area contributed by atoms with Crippen molar-refractivity contribution in [2.75, 3.05) is 13.7 Å². The summed E-state index contributed by atoms with van der Waals surface area (Å²) in [5.41, 5.74) is 1.28. The van der Waals surface area contributed by atoms with Gasteiger partial charge >= 0.3 is 0 Å². The molecule has 1 atom stereocenters. The highest BCUT2D eigenvalue weighted by Gasteiger charge is 2.14. The predicted octanol–water partition coefficient (Wildman–Crippen LogP) is 4.23. The predicted molar refractivity (Wildman–Crippen MR) is 81.5 cm³/mol. The lowest BCUT2D eigenvalue weighted by Crippen LogP contribution is -2.21. The molecule has 2 aromatic rings. The summed E-state index contributed by atoms with van der Waals surface area (Å²) in [5, 5.41) is 3.87. The van der Waals surface area contributed by atoms with Crippen LogP contribution in [0.25, 0.3) is 0 Å². The third-order valence-electron chi connectivity index (χ3n) is 3.27. The van der Waals surface area contributed by atoms with Crippen molar-refractivity contribution in [2.24, 2.45) is 0 Å². The van der Waals surface area contributed by atoms with Crippen molar-refractivity contribution in [1.29, 1.82) is 0 Å². The molecule has 1 N–H and O–H groups in total. The molecule has 1 unspecified atom stereocenters. The lowest BCUT2D eigenvalue weighted by molar-refractivity contribution is 0.402. The Morgan fingerprint density at radius 2 is 1.95 bits per heavy atom. The fraction of sp³-hybridized carbons (Fsp3) is 0.375. The Kier molecular flexibility index (Phi) is 5.50. The highest BCUT2D eigenvalue weighted by molar-refractivity contribution is 6.28. The highest BCUT2D eigenvalue weighted by atomic mass is 35.5. The molecule has 0 saturated heterocycles. The molecule has 0 aliphatic carbocycles. The van der Waals surface area contributed by atoms with E-state index in [1.165, 1.54) is 5.56 Å². The van der Waals surface area contributed by atoms with E-state index in [0.717, 1.165) is 30.9 Å². The van der Waals surface area contributed by atoms with Crippen LogP contribution in [-0.2, 0) is 6.42 Å². The van der Waals surface area contributed by atoms with Crippen LogP contribution in [0.2, 0.25) is 5.22 Å². The van der Waals surface area contributed by atoms with E-state index in [0.29, 0.717) is 5.22 Å². The smallest absolute Gasteiger partial charge is 0.193 e. The Morgan fingerprint density at radius 1 is 1.20 bits per heavy atom. The molecule has 0 aliphatic heterocycles. The van der Waals surface area contributed by atoms with Crippen molar-refractivity contribution in [3.8, 4) is 5.75 Å². The van der Waals surface area contributed by atoms with Crippen LogP contribution >= 0.6 is 11.6 Å². The standard InChI is InChI=1S/C16H20ClNO2/c1-3-18-14(15-10-11-16(17)20-15)9-6-12-4-7-13(19-2)8-5-12/h4-5,7-8,10-11,14,18H,3,6,9H2,1-2H3. The summed E-state index contributed by atoms with van der Waals surface area (Å²) < 4.78 is 10.7. The molecule has 1 aromatic heterocycles. The Bertz CT molecular complexity index is 522. The van der Waals surface area contributed by atoms with E-state index in [1.807, 2.05) is 18.2 Å². The maximum absolute atomic E-state index is 5.85. The molecule has 0 amide bonds. The van der Waals surface area contributed by atoms with E-state index >= 15 is 0 Å². The van der Waals surface area contributed by atoms with Crippen molar-refractivity contribution >= 4 is 11.6 Å². The zero-order chi connectivity index (χ0) is 14.4. The van der Waals surface area contributed by atoms with E-state index in [9.17, 15) is 0 Å². The van der Waals surface area contributed by atoms with Gasteiger partial charge in [-0.25, -0.2) is 0 Å². The first kappa shape index (κ1) is 14.9. The SMILES string of the molecule is CCNC(CCc1ccc(OC)cc1)c1ccc(Cl)o1. The molecule has 0 bridgehead atoms.